The summed E-state index contributed by atoms with van der Waals surface area (Å²) in [6, 6.07) is 1.09. The van der Waals surface area contributed by atoms with Crippen molar-refractivity contribution in [1.82, 2.24) is 10.2 Å². The zero-order valence-electron chi connectivity index (χ0n) is 11.9. The van der Waals surface area contributed by atoms with Gasteiger partial charge in [0.25, 0.3) is 0 Å². The van der Waals surface area contributed by atoms with E-state index in [9.17, 15) is 4.79 Å². The number of likely N-dealkylation sites (tertiary alicyclic amines) is 1. The molecular formula is C14H26N2O2. The van der Waals surface area contributed by atoms with Gasteiger partial charge in [0.15, 0.2) is 0 Å². The van der Waals surface area contributed by atoms with E-state index in [1.807, 2.05) is 0 Å². The number of carbonyl (C=O) groups is 1. The first kappa shape index (κ1) is 13.8. The van der Waals surface area contributed by atoms with Crippen LogP contribution in [0, 0.1) is 0 Å². The zero-order valence-corrected chi connectivity index (χ0v) is 11.9. The first-order valence-corrected chi connectivity index (χ1v) is 7.17. The minimum absolute atomic E-state index is 0.0694. The molecule has 4 nitrogen and oxygen atoms in total. The lowest BCUT2D eigenvalue weighted by Gasteiger charge is -2.31. The van der Waals surface area contributed by atoms with E-state index in [-0.39, 0.29) is 5.97 Å². The number of rotatable bonds is 4. The Balaban J connectivity index is 2.06. The van der Waals surface area contributed by atoms with Crippen LogP contribution in [0.5, 0.6) is 0 Å². The van der Waals surface area contributed by atoms with E-state index in [0.717, 1.165) is 32.4 Å². The summed E-state index contributed by atoms with van der Waals surface area (Å²) >= 11 is 0. The lowest BCUT2D eigenvalue weighted by Crippen LogP contribution is -2.54. The van der Waals surface area contributed by atoms with Crippen molar-refractivity contribution in [1.29, 1.82) is 0 Å². The molecule has 0 aromatic rings. The molecule has 2 rings (SSSR count). The van der Waals surface area contributed by atoms with Crippen LogP contribution in [0.1, 0.15) is 46.0 Å². The van der Waals surface area contributed by atoms with Crippen molar-refractivity contribution in [2.24, 2.45) is 0 Å². The summed E-state index contributed by atoms with van der Waals surface area (Å²) in [7, 11) is 1.50. The third-order valence-electron chi connectivity index (χ3n) is 4.24. The second-order valence-electron chi connectivity index (χ2n) is 5.98. The smallest absolute Gasteiger partial charge is 0.326 e. The fourth-order valence-corrected chi connectivity index (χ4v) is 2.89. The van der Waals surface area contributed by atoms with Gasteiger partial charge in [-0.3, -0.25) is 10.1 Å². The average molecular weight is 254 g/mol. The summed E-state index contributed by atoms with van der Waals surface area (Å²) in [5.41, 5.74) is -0.431. The zero-order chi connectivity index (χ0) is 13.2. The molecular weight excluding hydrogens is 228 g/mol. The van der Waals surface area contributed by atoms with Crippen LogP contribution < -0.4 is 5.32 Å². The minimum Gasteiger partial charge on any atom is -0.468 e. The van der Waals surface area contributed by atoms with Gasteiger partial charge in [0.1, 0.15) is 5.54 Å². The third-order valence-corrected chi connectivity index (χ3v) is 4.24. The highest BCUT2D eigenvalue weighted by Crippen LogP contribution is 2.30. The molecule has 1 aliphatic heterocycles. The first-order chi connectivity index (χ1) is 8.57. The molecule has 4 heteroatoms. The fraction of sp³-hybridized carbons (Fsp3) is 0.929. The van der Waals surface area contributed by atoms with E-state index >= 15 is 0 Å². The van der Waals surface area contributed by atoms with Gasteiger partial charge in [0.05, 0.1) is 7.11 Å². The molecule has 0 aromatic heterocycles. The summed E-state index contributed by atoms with van der Waals surface area (Å²) in [4.78, 5) is 14.6. The molecule has 2 aliphatic rings. The molecule has 1 unspecified atom stereocenters. The van der Waals surface area contributed by atoms with E-state index in [1.165, 1.54) is 20.0 Å². The molecule has 0 aromatic carbocycles. The molecule has 104 valence electrons. The van der Waals surface area contributed by atoms with Crippen molar-refractivity contribution in [2.45, 2.75) is 63.6 Å². The number of methoxy groups -OCH3 is 1. The molecule has 0 amide bonds. The van der Waals surface area contributed by atoms with Crippen molar-refractivity contribution in [3.8, 4) is 0 Å². The summed E-state index contributed by atoms with van der Waals surface area (Å²) in [6.45, 7) is 6.51. The Bertz CT molecular complexity index is 302. The van der Waals surface area contributed by atoms with Gasteiger partial charge >= 0.3 is 5.97 Å². The Morgan fingerprint density at radius 3 is 2.61 bits per heavy atom. The molecule has 1 N–H and O–H groups in total. The first-order valence-electron chi connectivity index (χ1n) is 7.17. The van der Waals surface area contributed by atoms with E-state index in [4.69, 9.17) is 4.74 Å². The van der Waals surface area contributed by atoms with Gasteiger partial charge in [-0.15, -0.1) is 0 Å². The average Bonchev–Trinajstić information content (AvgIpc) is 3.15. The van der Waals surface area contributed by atoms with E-state index < -0.39 is 5.54 Å². The maximum atomic E-state index is 12.2. The summed E-state index contributed by atoms with van der Waals surface area (Å²) in [5, 5.41) is 3.56. The SMILES string of the molecule is COC(=O)C1(NC2CC2)CCCN(C(C)C)CC1. The van der Waals surface area contributed by atoms with E-state index in [0.29, 0.717) is 12.1 Å². The van der Waals surface area contributed by atoms with E-state index in [1.54, 1.807) is 0 Å². The molecule has 1 atom stereocenters. The number of carbonyl (C=O) groups excluding carboxylic acids is 1. The molecule has 18 heavy (non-hydrogen) atoms. The second-order valence-corrected chi connectivity index (χ2v) is 5.98. The monoisotopic (exact) mass is 254 g/mol. The predicted molar refractivity (Wildman–Crippen MR) is 71.5 cm³/mol. The number of nitrogens with zero attached hydrogens (tertiary/aromatic N) is 1. The Hall–Kier alpha value is -0.610. The van der Waals surface area contributed by atoms with Crippen LogP contribution >= 0.6 is 0 Å². The Labute approximate surface area is 110 Å². The highest BCUT2D eigenvalue weighted by atomic mass is 16.5. The second kappa shape index (κ2) is 5.57. The number of ether oxygens (including phenoxy) is 1. The fourth-order valence-electron chi connectivity index (χ4n) is 2.89. The highest BCUT2D eigenvalue weighted by Gasteiger charge is 2.44. The maximum absolute atomic E-state index is 12.2. The predicted octanol–water partition coefficient (Wildman–Crippen LogP) is 1.54. The quantitative estimate of drug-likeness (QED) is 0.773. The lowest BCUT2D eigenvalue weighted by molar-refractivity contribution is -0.149. The number of esters is 1. The van der Waals surface area contributed by atoms with Crippen molar-refractivity contribution < 1.29 is 9.53 Å². The van der Waals surface area contributed by atoms with Crippen LogP contribution in [0.2, 0.25) is 0 Å². The highest BCUT2D eigenvalue weighted by molar-refractivity contribution is 5.81. The molecule has 1 saturated heterocycles. The van der Waals surface area contributed by atoms with Crippen molar-refractivity contribution in [2.75, 3.05) is 20.2 Å². The normalized spacial score (nSPS) is 30.2. The van der Waals surface area contributed by atoms with Crippen LogP contribution in [-0.2, 0) is 9.53 Å². The molecule has 1 saturated carbocycles. The molecule has 1 aliphatic carbocycles. The standard InChI is InChI=1S/C14H26N2O2/c1-11(2)16-9-4-7-14(8-10-16,13(17)18-3)15-12-5-6-12/h11-12,15H,4-10H2,1-3H3. The van der Waals surface area contributed by atoms with Crippen LogP contribution in [0.4, 0.5) is 0 Å². The van der Waals surface area contributed by atoms with Crippen molar-refractivity contribution in [3.63, 3.8) is 0 Å². The molecule has 2 fully saturated rings. The van der Waals surface area contributed by atoms with Gasteiger partial charge in [-0.25, -0.2) is 0 Å². The summed E-state index contributed by atoms with van der Waals surface area (Å²) < 4.78 is 5.05. The van der Waals surface area contributed by atoms with Gasteiger partial charge in [0, 0.05) is 18.6 Å². The minimum atomic E-state index is -0.431. The summed E-state index contributed by atoms with van der Waals surface area (Å²) in [5.74, 6) is -0.0694. The molecule has 0 radical (unpaired) electrons. The lowest BCUT2D eigenvalue weighted by atomic mass is 9.90. The third kappa shape index (κ3) is 3.04. The van der Waals surface area contributed by atoms with Gasteiger partial charge in [-0.1, -0.05) is 0 Å². The Morgan fingerprint density at radius 2 is 2.06 bits per heavy atom. The summed E-state index contributed by atoms with van der Waals surface area (Å²) in [6.07, 6.45) is 5.24. The van der Waals surface area contributed by atoms with Crippen molar-refractivity contribution >= 4 is 5.97 Å². The Kier molecular flexibility index (Phi) is 4.28. The number of hydrogen-bond acceptors (Lipinski definition) is 4. The van der Waals surface area contributed by atoms with E-state index in [2.05, 4.69) is 24.1 Å². The van der Waals surface area contributed by atoms with Gasteiger partial charge in [-0.2, -0.15) is 0 Å². The van der Waals surface area contributed by atoms with Crippen LogP contribution in [0.15, 0.2) is 0 Å². The molecule has 0 spiro atoms. The van der Waals surface area contributed by atoms with Crippen LogP contribution in [0.25, 0.3) is 0 Å². The number of hydrogen-bond donors (Lipinski definition) is 1. The van der Waals surface area contributed by atoms with Crippen LogP contribution in [0.3, 0.4) is 0 Å². The molecule has 1 heterocycles. The van der Waals surface area contributed by atoms with Crippen LogP contribution in [-0.4, -0.2) is 48.7 Å². The molecule has 0 bridgehead atoms. The van der Waals surface area contributed by atoms with Crippen molar-refractivity contribution in [3.05, 3.63) is 0 Å². The number of nitrogens with one attached hydrogen (secondary N) is 1. The van der Waals surface area contributed by atoms with Gasteiger partial charge in [0.2, 0.25) is 0 Å². The Morgan fingerprint density at radius 1 is 1.33 bits per heavy atom. The van der Waals surface area contributed by atoms with Gasteiger partial charge in [-0.05, 0) is 52.5 Å². The maximum Gasteiger partial charge on any atom is 0.326 e. The largest absolute Gasteiger partial charge is 0.468 e. The topological polar surface area (TPSA) is 41.6 Å². The van der Waals surface area contributed by atoms with Gasteiger partial charge < -0.3 is 9.64 Å².